The van der Waals surface area contributed by atoms with E-state index in [1.165, 1.54) is 64.7 Å². The molecule has 3 unspecified atom stereocenters. The molecular weight excluding hydrogens is 234 g/mol. The molecule has 0 aromatic heterocycles. The number of nitrogens with zero attached hydrogens (tertiary/aromatic N) is 2. The fourth-order valence-electron chi connectivity index (χ4n) is 3.77. The fourth-order valence-corrected chi connectivity index (χ4v) is 3.77. The summed E-state index contributed by atoms with van der Waals surface area (Å²) < 4.78 is 0. The fraction of sp³-hybridized carbons (Fsp3) is 1.00. The second kappa shape index (κ2) is 7.61. The molecule has 1 aliphatic carbocycles. The third kappa shape index (κ3) is 4.44. The molecule has 1 heterocycles. The molecule has 1 N–H and O–H groups in total. The lowest BCUT2D eigenvalue weighted by Crippen LogP contribution is -2.36. The van der Waals surface area contributed by atoms with Gasteiger partial charge in [-0.15, -0.1) is 0 Å². The SMILES string of the molecule is CCCNC1CCCC1CCN1CCC(N(C)C)C1. The Morgan fingerprint density at radius 3 is 2.74 bits per heavy atom. The summed E-state index contributed by atoms with van der Waals surface area (Å²) in [6, 6.07) is 1.60. The van der Waals surface area contributed by atoms with E-state index in [1.54, 1.807) is 0 Å². The minimum Gasteiger partial charge on any atom is -0.314 e. The van der Waals surface area contributed by atoms with Gasteiger partial charge in [-0.25, -0.2) is 0 Å². The summed E-state index contributed by atoms with van der Waals surface area (Å²) in [7, 11) is 4.44. The van der Waals surface area contributed by atoms with Crippen LogP contribution in [0.25, 0.3) is 0 Å². The molecule has 0 bridgehead atoms. The van der Waals surface area contributed by atoms with Gasteiger partial charge in [0.25, 0.3) is 0 Å². The maximum Gasteiger partial charge on any atom is 0.0229 e. The van der Waals surface area contributed by atoms with Crippen molar-refractivity contribution in [2.45, 2.75) is 57.5 Å². The topological polar surface area (TPSA) is 18.5 Å². The lowest BCUT2D eigenvalue weighted by Gasteiger charge is -2.24. The Morgan fingerprint density at radius 1 is 1.21 bits per heavy atom. The van der Waals surface area contributed by atoms with Crippen molar-refractivity contribution >= 4 is 0 Å². The Hall–Kier alpha value is -0.120. The van der Waals surface area contributed by atoms with Crippen molar-refractivity contribution in [3.63, 3.8) is 0 Å². The Kier molecular flexibility index (Phi) is 6.11. The van der Waals surface area contributed by atoms with Gasteiger partial charge >= 0.3 is 0 Å². The van der Waals surface area contributed by atoms with Gasteiger partial charge in [0.2, 0.25) is 0 Å². The lowest BCUT2D eigenvalue weighted by atomic mass is 9.99. The first-order valence-corrected chi connectivity index (χ1v) is 8.33. The number of likely N-dealkylation sites (N-methyl/N-ethyl adjacent to an activating group) is 1. The van der Waals surface area contributed by atoms with Crippen molar-refractivity contribution in [1.29, 1.82) is 0 Å². The van der Waals surface area contributed by atoms with Crippen molar-refractivity contribution in [2.24, 2.45) is 5.92 Å². The molecule has 19 heavy (non-hydrogen) atoms. The van der Waals surface area contributed by atoms with Crippen LogP contribution in [0.5, 0.6) is 0 Å². The summed E-state index contributed by atoms with van der Waals surface area (Å²) in [5, 5.41) is 3.76. The maximum atomic E-state index is 3.76. The Balaban J connectivity index is 1.67. The van der Waals surface area contributed by atoms with E-state index < -0.39 is 0 Å². The predicted molar refractivity (Wildman–Crippen MR) is 82.6 cm³/mol. The number of likely N-dealkylation sites (tertiary alicyclic amines) is 1. The van der Waals surface area contributed by atoms with Gasteiger partial charge in [0, 0.05) is 18.6 Å². The monoisotopic (exact) mass is 267 g/mol. The van der Waals surface area contributed by atoms with Crippen LogP contribution in [0, 0.1) is 5.92 Å². The molecule has 2 fully saturated rings. The molecule has 1 aliphatic heterocycles. The molecule has 3 nitrogen and oxygen atoms in total. The number of nitrogens with one attached hydrogen (secondary N) is 1. The molecule has 0 aromatic carbocycles. The van der Waals surface area contributed by atoms with E-state index in [-0.39, 0.29) is 0 Å². The molecule has 1 saturated carbocycles. The largest absolute Gasteiger partial charge is 0.314 e. The van der Waals surface area contributed by atoms with Crippen LogP contribution >= 0.6 is 0 Å². The molecule has 1 saturated heterocycles. The van der Waals surface area contributed by atoms with E-state index in [2.05, 4.69) is 36.1 Å². The van der Waals surface area contributed by atoms with Gasteiger partial charge in [-0.05, 0) is 71.8 Å². The quantitative estimate of drug-likeness (QED) is 0.763. The van der Waals surface area contributed by atoms with E-state index in [4.69, 9.17) is 0 Å². The Morgan fingerprint density at radius 2 is 2.05 bits per heavy atom. The average Bonchev–Trinajstić information content (AvgIpc) is 3.02. The zero-order chi connectivity index (χ0) is 13.7. The van der Waals surface area contributed by atoms with Gasteiger partial charge in [-0.2, -0.15) is 0 Å². The molecule has 0 aromatic rings. The van der Waals surface area contributed by atoms with Crippen molar-refractivity contribution in [2.75, 3.05) is 40.3 Å². The van der Waals surface area contributed by atoms with Gasteiger partial charge in [-0.1, -0.05) is 13.3 Å². The number of rotatable bonds is 7. The van der Waals surface area contributed by atoms with Crippen molar-refractivity contribution < 1.29 is 0 Å². The normalized spacial score (nSPS) is 32.5. The Labute approximate surface area is 119 Å². The zero-order valence-corrected chi connectivity index (χ0v) is 13.2. The first-order chi connectivity index (χ1) is 9.20. The average molecular weight is 267 g/mol. The molecule has 0 radical (unpaired) electrons. The molecule has 3 heteroatoms. The summed E-state index contributed by atoms with van der Waals surface area (Å²) in [5.74, 6) is 0.935. The van der Waals surface area contributed by atoms with Gasteiger partial charge in [-0.3, -0.25) is 0 Å². The van der Waals surface area contributed by atoms with E-state index in [0.29, 0.717) is 0 Å². The smallest absolute Gasteiger partial charge is 0.0229 e. The second-order valence-electron chi connectivity index (χ2n) is 6.75. The highest BCUT2D eigenvalue weighted by Crippen LogP contribution is 2.29. The van der Waals surface area contributed by atoms with Crippen LogP contribution in [0.2, 0.25) is 0 Å². The van der Waals surface area contributed by atoms with Crippen LogP contribution in [0.1, 0.15) is 45.4 Å². The highest BCUT2D eigenvalue weighted by Gasteiger charge is 2.28. The van der Waals surface area contributed by atoms with Crippen LogP contribution in [0.15, 0.2) is 0 Å². The van der Waals surface area contributed by atoms with Crippen LogP contribution in [0.3, 0.4) is 0 Å². The zero-order valence-electron chi connectivity index (χ0n) is 13.2. The second-order valence-corrected chi connectivity index (χ2v) is 6.75. The molecular formula is C16H33N3. The summed E-state index contributed by atoms with van der Waals surface area (Å²) in [4.78, 5) is 5.07. The van der Waals surface area contributed by atoms with E-state index in [0.717, 1.165) is 18.0 Å². The molecule has 2 aliphatic rings. The molecule has 0 spiro atoms. The van der Waals surface area contributed by atoms with Gasteiger partial charge < -0.3 is 15.1 Å². The summed E-state index contributed by atoms with van der Waals surface area (Å²) >= 11 is 0. The third-order valence-electron chi connectivity index (χ3n) is 5.11. The first kappa shape index (κ1) is 15.3. The summed E-state index contributed by atoms with van der Waals surface area (Å²) in [6.07, 6.45) is 8.32. The Bertz CT molecular complexity index is 254. The minimum atomic E-state index is 0.789. The highest BCUT2D eigenvalue weighted by molar-refractivity contribution is 4.86. The van der Waals surface area contributed by atoms with Gasteiger partial charge in [0.05, 0.1) is 0 Å². The number of hydrogen-bond acceptors (Lipinski definition) is 3. The number of hydrogen-bond donors (Lipinski definition) is 1. The van der Waals surface area contributed by atoms with Crippen LogP contribution in [-0.2, 0) is 0 Å². The van der Waals surface area contributed by atoms with Crippen LogP contribution < -0.4 is 5.32 Å². The van der Waals surface area contributed by atoms with E-state index in [1.807, 2.05) is 0 Å². The van der Waals surface area contributed by atoms with E-state index in [9.17, 15) is 0 Å². The van der Waals surface area contributed by atoms with Crippen molar-refractivity contribution in [1.82, 2.24) is 15.1 Å². The third-order valence-corrected chi connectivity index (χ3v) is 5.11. The molecule has 2 rings (SSSR count). The highest BCUT2D eigenvalue weighted by atomic mass is 15.2. The molecule has 3 atom stereocenters. The van der Waals surface area contributed by atoms with Gasteiger partial charge in [0.15, 0.2) is 0 Å². The summed E-state index contributed by atoms with van der Waals surface area (Å²) in [6.45, 7) is 7.38. The molecule has 0 amide bonds. The van der Waals surface area contributed by atoms with Gasteiger partial charge in [0.1, 0.15) is 0 Å². The standard InChI is InChI=1S/C16H33N3/c1-4-10-17-16-7-5-6-14(16)8-11-19-12-9-15(13-19)18(2)3/h14-17H,4-13H2,1-3H3. The lowest BCUT2D eigenvalue weighted by molar-refractivity contribution is 0.248. The first-order valence-electron chi connectivity index (χ1n) is 8.33. The van der Waals surface area contributed by atoms with Crippen molar-refractivity contribution in [3.8, 4) is 0 Å². The van der Waals surface area contributed by atoms with Crippen LogP contribution in [-0.4, -0.2) is 62.2 Å². The maximum absolute atomic E-state index is 3.76. The van der Waals surface area contributed by atoms with E-state index >= 15 is 0 Å². The van der Waals surface area contributed by atoms with Crippen molar-refractivity contribution in [3.05, 3.63) is 0 Å². The molecule has 112 valence electrons. The predicted octanol–water partition coefficient (Wildman–Crippen LogP) is 2.18. The minimum absolute atomic E-state index is 0.789. The summed E-state index contributed by atoms with van der Waals surface area (Å²) in [5.41, 5.74) is 0. The van der Waals surface area contributed by atoms with Crippen LogP contribution in [0.4, 0.5) is 0 Å².